The van der Waals surface area contributed by atoms with E-state index in [2.05, 4.69) is 5.32 Å². The van der Waals surface area contributed by atoms with Gasteiger partial charge in [0.05, 0.1) is 0 Å². The molecule has 1 amide bonds. The van der Waals surface area contributed by atoms with E-state index in [1.54, 1.807) is 4.57 Å². The first kappa shape index (κ1) is 17.0. The van der Waals surface area contributed by atoms with Crippen LogP contribution in [0.1, 0.15) is 29.4 Å². The highest BCUT2D eigenvalue weighted by molar-refractivity contribution is 5.96. The van der Waals surface area contributed by atoms with E-state index >= 15 is 0 Å². The lowest BCUT2D eigenvalue weighted by molar-refractivity contribution is 0.0943. The third-order valence-electron chi connectivity index (χ3n) is 4.25. The Morgan fingerprint density at radius 2 is 1.76 bits per heavy atom. The minimum absolute atomic E-state index is 0.115. The van der Waals surface area contributed by atoms with Gasteiger partial charge in [0.1, 0.15) is 5.69 Å². The molecule has 2 aromatic carbocycles. The molecule has 4 heteroatoms. The van der Waals surface area contributed by atoms with E-state index in [0.717, 1.165) is 17.4 Å². The molecule has 25 heavy (non-hydrogen) atoms. The van der Waals surface area contributed by atoms with E-state index in [4.69, 9.17) is 0 Å². The molecule has 1 aromatic heterocycles. The number of fused-ring (bicyclic) bond motifs is 1. The van der Waals surface area contributed by atoms with Crippen LogP contribution in [0.2, 0.25) is 0 Å². The van der Waals surface area contributed by atoms with Gasteiger partial charge in [-0.15, -0.1) is 0 Å². The Morgan fingerprint density at radius 1 is 1.04 bits per heavy atom. The van der Waals surface area contributed by atoms with Gasteiger partial charge >= 0.3 is 0 Å². The van der Waals surface area contributed by atoms with Gasteiger partial charge < -0.3 is 9.88 Å². The Kier molecular flexibility index (Phi) is 5.29. The molecule has 128 valence electrons. The van der Waals surface area contributed by atoms with Crippen LogP contribution in [0, 0.1) is 0 Å². The maximum absolute atomic E-state index is 12.9. The van der Waals surface area contributed by atoms with E-state index in [1.165, 1.54) is 0 Å². The highest BCUT2D eigenvalue weighted by Crippen LogP contribution is 2.13. The summed E-state index contributed by atoms with van der Waals surface area (Å²) in [5.41, 5.74) is 1.45. The first-order chi connectivity index (χ1) is 12.2. The molecule has 0 spiro atoms. The van der Waals surface area contributed by atoms with Gasteiger partial charge in [-0.1, -0.05) is 55.5 Å². The van der Waals surface area contributed by atoms with Crippen LogP contribution in [0.15, 0.2) is 65.5 Å². The summed E-state index contributed by atoms with van der Waals surface area (Å²) >= 11 is 0. The minimum Gasteiger partial charge on any atom is -0.351 e. The first-order valence-electron chi connectivity index (χ1n) is 8.65. The lowest BCUT2D eigenvalue weighted by Gasteiger charge is -2.14. The maximum atomic E-state index is 12.9. The van der Waals surface area contributed by atoms with Crippen molar-refractivity contribution in [2.24, 2.45) is 0 Å². The highest BCUT2D eigenvalue weighted by atomic mass is 16.2. The number of aromatic nitrogens is 1. The number of amides is 1. The summed E-state index contributed by atoms with van der Waals surface area (Å²) < 4.78 is 1.60. The van der Waals surface area contributed by atoms with E-state index in [0.29, 0.717) is 30.6 Å². The van der Waals surface area contributed by atoms with Crippen LogP contribution in [-0.2, 0) is 13.0 Å². The Bertz CT molecular complexity index is 930. The van der Waals surface area contributed by atoms with E-state index < -0.39 is 0 Å². The first-order valence-corrected chi connectivity index (χ1v) is 8.65. The molecule has 1 N–H and O–H groups in total. The van der Waals surface area contributed by atoms with E-state index in [-0.39, 0.29) is 11.5 Å². The zero-order valence-electron chi connectivity index (χ0n) is 14.4. The molecule has 0 aliphatic carbocycles. The summed E-state index contributed by atoms with van der Waals surface area (Å²) in [5, 5.41) is 4.32. The Hall–Kier alpha value is -2.88. The van der Waals surface area contributed by atoms with Crippen molar-refractivity contribution < 1.29 is 4.79 Å². The number of pyridine rings is 1. The summed E-state index contributed by atoms with van der Waals surface area (Å²) in [6, 6.07) is 19.2. The molecule has 3 aromatic rings. The molecule has 0 unspecified atom stereocenters. The van der Waals surface area contributed by atoms with Crippen LogP contribution >= 0.6 is 0 Å². The standard InChI is InChI=1S/C21H22N2O2/c1-2-13-22-20(24)19-15-17-10-6-7-11-18(17)21(25)23(19)14-12-16-8-4-3-5-9-16/h3-11,15H,2,12-14H2,1H3,(H,22,24). The molecule has 1 heterocycles. The zero-order chi connectivity index (χ0) is 17.6. The number of hydrogen-bond donors (Lipinski definition) is 1. The number of aryl methyl sites for hydroxylation is 1. The predicted octanol–water partition coefficient (Wildman–Crippen LogP) is 3.38. The van der Waals surface area contributed by atoms with Crippen LogP contribution in [0.5, 0.6) is 0 Å². The lowest BCUT2D eigenvalue weighted by atomic mass is 10.1. The topological polar surface area (TPSA) is 51.1 Å². The van der Waals surface area contributed by atoms with Gasteiger partial charge in [-0.25, -0.2) is 0 Å². The number of carbonyl (C=O) groups excluding carboxylic acids is 1. The van der Waals surface area contributed by atoms with E-state index in [1.807, 2.05) is 67.6 Å². The summed E-state index contributed by atoms with van der Waals surface area (Å²) in [5.74, 6) is -0.197. The van der Waals surface area contributed by atoms with Gasteiger partial charge in [0.2, 0.25) is 0 Å². The number of hydrogen-bond acceptors (Lipinski definition) is 2. The Labute approximate surface area is 147 Å². The molecule has 0 atom stereocenters. The largest absolute Gasteiger partial charge is 0.351 e. The number of nitrogens with zero attached hydrogens (tertiary/aromatic N) is 1. The summed E-state index contributed by atoms with van der Waals surface area (Å²) in [7, 11) is 0. The Morgan fingerprint density at radius 3 is 2.52 bits per heavy atom. The van der Waals surface area contributed by atoms with Crippen LogP contribution < -0.4 is 10.9 Å². The second-order valence-electron chi connectivity index (χ2n) is 6.07. The van der Waals surface area contributed by atoms with Crippen LogP contribution in [0.25, 0.3) is 10.8 Å². The smallest absolute Gasteiger partial charge is 0.268 e. The van der Waals surface area contributed by atoms with Crippen LogP contribution in [-0.4, -0.2) is 17.0 Å². The van der Waals surface area contributed by atoms with Crippen molar-refractivity contribution in [3.05, 3.63) is 82.3 Å². The van der Waals surface area contributed by atoms with Gasteiger partial charge in [0.25, 0.3) is 11.5 Å². The SMILES string of the molecule is CCCNC(=O)c1cc2ccccc2c(=O)n1CCc1ccccc1. The molecule has 0 saturated heterocycles. The summed E-state index contributed by atoms with van der Waals surface area (Å²) in [6.07, 6.45) is 1.56. The number of benzene rings is 2. The molecule has 0 bridgehead atoms. The number of rotatable bonds is 6. The quantitative estimate of drug-likeness (QED) is 0.751. The molecule has 0 fully saturated rings. The predicted molar refractivity (Wildman–Crippen MR) is 101 cm³/mol. The maximum Gasteiger partial charge on any atom is 0.268 e. The molecule has 0 aliphatic rings. The molecule has 0 saturated carbocycles. The average molecular weight is 334 g/mol. The minimum atomic E-state index is -0.197. The van der Waals surface area contributed by atoms with Gasteiger partial charge in [-0.3, -0.25) is 9.59 Å². The third kappa shape index (κ3) is 3.79. The Balaban J connectivity index is 2.02. The van der Waals surface area contributed by atoms with Crippen LogP contribution in [0.4, 0.5) is 0 Å². The molecule has 0 radical (unpaired) electrons. The molecule has 4 nitrogen and oxygen atoms in total. The second kappa shape index (κ2) is 7.79. The summed E-state index contributed by atoms with van der Waals surface area (Å²) in [6.45, 7) is 3.07. The fourth-order valence-electron chi connectivity index (χ4n) is 2.92. The third-order valence-corrected chi connectivity index (χ3v) is 4.25. The van der Waals surface area contributed by atoms with Gasteiger partial charge in [0.15, 0.2) is 0 Å². The molecule has 0 aliphatic heterocycles. The second-order valence-corrected chi connectivity index (χ2v) is 6.07. The van der Waals surface area contributed by atoms with Crippen molar-refractivity contribution in [2.75, 3.05) is 6.54 Å². The van der Waals surface area contributed by atoms with Crippen molar-refractivity contribution in [2.45, 2.75) is 26.3 Å². The summed E-state index contributed by atoms with van der Waals surface area (Å²) in [4.78, 5) is 25.5. The van der Waals surface area contributed by atoms with Crippen molar-refractivity contribution in [1.29, 1.82) is 0 Å². The average Bonchev–Trinajstić information content (AvgIpc) is 2.66. The zero-order valence-corrected chi connectivity index (χ0v) is 14.4. The normalized spacial score (nSPS) is 10.8. The molecular formula is C21H22N2O2. The van der Waals surface area contributed by atoms with Crippen molar-refractivity contribution in [3.8, 4) is 0 Å². The number of nitrogens with one attached hydrogen (secondary N) is 1. The van der Waals surface area contributed by atoms with Gasteiger partial charge in [-0.05, 0) is 35.9 Å². The van der Waals surface area contributed by atoms with Crippen molar-refractivity contribution >= 4 is 16.7 Å². The molecule has 3 rings (SSSR count). The molecular weight excluding hydrogens is 312 g/mol. The fraction of sp³-hybridized carbons (Fsp3) is 0.238. The van der Waals surface area contributed by atoms with E-state index in [9.17, 15) is 9.59 Å². The van der Waals surface area contributed by atoms with Gasteiger partial charge in [0, 0.05) is 18.5 Å². The number of carbonyl (C=O) groups is 1. The highest BCUT2D eigenvalue weighted by Gasteiger charge is 2.15. The monoisotopic (exact) mass is 334 g/mol. The fourth-order valence-corrected chi connectivity index (χ4v) is 2.92. The van der Waals surface area contributed by atoms with Crippen molar-refractivity contribution in [1.82, 2.24) is 9.88 Å². The van der Waals surface area contributed by atoms with Crippen LogP contribution in [0.3, 0.4) is 0 Å². The van der Waals surface area contributed by atoms with Crippen molar-refractivity contribution in [3.63, 3.8) is 0 Å². The lowest BCUT2D eigenvalue weighted by Crippen LogP contribution is -2.33. The van der Waals surface area contributed by atoms with Gasteiger partial charge in [-0.2, -0.15) is 0 Å².